The molecule has 0 bridgehead atoms. The van der Waals surface area contributed by atoms with Crippen LogP contribution in [-0.4, -0.2) is 42.3 Å². The van der Waals surface area contributed by atoms with Crippen LogP contribution < -0.4 is 10.6 Å². The molecule has 2 rings (SSSR count). The fraction of sp³-hybridized carbons (Fsp3) is 0.526. The molecule has 0 spiro atoms. The van der Waals surface area contributed by atoms with Gasteiger partial charge in [0.25, 0.3) is 0 Å². The van der Waals surface area contributed by atoms with Crippen molar-refractivity contribution in [2.24, 2.45) is 0 Å². The number of ether oxygens (including phenoxy) is 2. The summed E-state index contributed by atoms with van der Waals surface area (Å²) in [5.74, 6) is -0.919. The molecular formula is C19H26N2O5. The van der Waals surface area contributed by atoms with Crippen LogP contribution in [0.25, 0.3) is 0 Å². The van der Waals surface area contributed by atoms with Crippen molar-refractivity contribution in [1.29, 1.82) is 0 Å². The highest BCUT2D eigenvalue weighted by Crippen LogP contribution is 2.26. The first-order chi connectivity index (χ1) is 12.1. The quantitative estimate of drug-likeness (QED) is 0.799. The van der Waals surface area contributed by atoms with Crippen LogP contribution >= 0.6 is 0 Å². The smallest absolute Gasteiger partial charge is 0.408 e. The lowest BCUT2D eigenvalue weighted by Gasteiger charge is -2.39. The second-order valence-corrected chi connectivity index (χ2v) is 7.46. The first kappa shape index (κ1) is 19.8. The van der Waals surface area contributed by atoms with Crippen LogP contribution in [0.4, 0.5) is 4.79 Å². The van der Waals surface area contributed by atoms with Gasteiger partial charge in [0.15, 0.2) is 0 Å². The zero-order valence-electron chi connectivity index (χ0n) is 15.6. The van der Waals surface area contributed by atoms with Crippen LogP contribution in [0.15, 0.2) is 30.3 Å². The molecule has 26 heavy (non-hydrogen) atoms. The van der Waals surface area contributed by atoms with Crippen LogP contribution in [0.2, 0.25) is 0 Å². The summed E-state index contributed by atoms with van der Waals surface area (Å²) >= 11 is 0. The molecule has 0 aliphatic carbocycles. The first-order valence-corrected chi connectivity index (χ1v) is 8.59. The molecule has 2 atom stereocenters. The maximum Gasteiger partial charge on any atom is 0.408 e. The van der Waals surface area contributed by atoms with E-state index in [1.807, 2.05) is 30.3 Å². The lowest BCUT2D eigenvalue weighted by Crippen LogP contribution is -2.66. The highest BCUT2D eigenvalue weighted by atomic mass is 16.6. The largest absolute Gasteiger partial charge is 0.467 e. The number of hydrogen-bond acceptors (Lipinski definition) is 5. The van der Waals surface area contributed by atoms with Gasteiger partial charge in [0.05, 0.1) is 7.11 Å². The fourth-order valence-corrected chi connectivity index (χ4v) is 2.97. The molecule has 0 aromatic heterocycles. The zero-order valence-corrected chi connectivity index (χ0v) is 15.6. The number of alkyl carbamates (subject to hydrolysis) is 1. The minimum atomic E-state index is -1.19. The fourth-order valence-electron chi connectivity index (χ4n) is 2.97. The molecular weight excluding hydrogens is 336 g/mol. The molecule has 0 saturated carbocycles. The van der Waals surface area contributed by atoms with Gasteiger partial charge in [0.2, 0.25) is 5.91 Å². The summed E-state index contributed by atoms with van der Waals surface area (Å²) in [6.45, 7) is 5.26. The molecule has 7 heteroatoms. The minimum absolute atomic E-state index is 0.298. The number of hydrogen-bond donors (Lipinski definition) is 2. The van der Waals surface area contributed by atoms with Gasteiger partial charge >= 0.3 is 12.1 Å². The Labute approximate surface area is 153 Å². The van der Waals surface area contributed by atoms with E-state index >= 15 is 0 Å². The molecule has 1 aromatic rings. The highest BCUT2D eigenvalue weighted by Gasteiger charge is 2.46. The lowest BCUT2D eigenvalue weighted by molar-refractivity contribution is -0.148. The summed E-state index contributed by atoms with van der Waals surface area (Å²) in [4.78, 5) is 36.9. The molecule has 2 N–H and O–H groups in total. The van der Waals surface area contributed by atoms with Gasteiger partial charge in [-0.05, 0) is 39.2 Å². The summed E-state index contributed by atoms with van der Waals surface area (Å²) in [7, 11) is 1.28. The van der Waals surface area contributed by atoms with Gasteiger partial charge in [0, 0.05) is 6.42 Å². The van der Waals surface area contributed by atoms with Gasteiger partial charge in [-0.25, -0.2) is 9.59 Å². The summed E-state index contributed by atoms with van der Waals surface area (Å²) < 4.78 is 10.0. The summed E-state index contributed by atoms with van der Waals surface area (Å²) in [5.41, 5.74) is -0.971. The number of rotatable bonds is 4. The number of carbonyl (C=O) groups excluding carboxylic acids is 3. The molecule has 1 aromatic carbocycles. The van der Waals surface area contributed by atoms with Crippen LogP contribution in [0.1, 0.15) is 39.2 Å². The van der Waals surface area contributed by atoms with Gasteiger partial charge in [-0.1, -0.05) is 30.3 Å². The van der Waals surface area contributed by atoms with E-state index in [4.69, 9.17) is 9.47 Å². The molecule has 1 fully saturated rings. The molecule has 2 amide bonds. The monoisotopic (exact) mass is 362 g/mol. The normalized spacial score (nSPS) is 22.9. The average Bonchev–Trinajstić information content (AvgIpc) is 2.55. The van der Waals surface area contributed by atoms with Crippen molar-refractivity contribution < 1.29 is 23.9 Å². The number of piperidine rings is 1. The van der Waals surface area contributed by atoms with E-state index in [0.717, 1.165) is 5.56 Å². The van der Waals surface area contributed by atoms with Crippen molar-refractivity contribution in [3.63, 3.8) is 0 Å². The number of amides is 2. The standard InChI is InChI=1S/C19H26N2O5/c1-18(2,3)26-17(24)21-19(12-13-8-6-5-7-9-13)11-10-14(15(22)25-4)20-16(19)23/h5-9,14H,10-12H2,1-4H3,(H,20,23)(H,21,24)/t14-,19+/m1/s1. The zero-order chi connectivity index (χ0) is 19.4. The number of nitrogens with one attached hydrogen (secondary N) is 2. The Morgan fingerprint density at radius 3 is 2.46 bits per heavy atom. The van der Waals surface area contributed by atoms with Crippen molar-refractivity contribution in [3.05, 3.63) is 35.9 Å². The van der Waals surface area contributed by atoms with Crippen molar-refractivity contribution in [1.82, 2.24) is 10.6 Å². The number of methoxy groups -OCH3 is 1. The number of carbonyl (C=O) groups is 3. The molecule has 1 saturated heterocycles. The SMILES string of the molecule is COC(=O)[C@H]1CC[C@@](Cc2ccccc2)(NC(=O)OC(C)(C)C)C(=O)N1. The van der Waals surface area contributed by atoms with E-state index in [0.29, 0.717) is 19.3 Å². The molecule has 7 nitrogen and oxygen atoms in total. The number of esters is 1. The Bertz CT molecular complexity index is 668. The topological polar surface area (TPSA) is 93.7 Å². The van der Waals surface area contributed by atoms with Gasteiger partial charge in [-0.15, -0.1) is 0 Å². The van der Waals surface area contributed by atoms with Crippen molar-refractivity contribution in [3.8, 4) is 0 Å². The van der Waals surface area contributed by atoms with Gasteiger partial charge in [-0.3, -0.25) is 4.79 Å². The van der Waals surface area contributed by atoms with Crippen LogP contribution in [0, 0.1) is 0 Å². The second kappa shape index (κ2) is 7.76. The Morgan fingerprint density at radius 1 is 1.27 bits per heavy atom. The molecule has 1 heterocycles. The maximum atomic E-state index is 12.9. The van der Waals surface area contributed by atoms with Gasteiger partial charge < -0.3 is 20.1 Å². The molecule has 1 aliphatic rings. The average molecular weight is 362 g/mol. The minimum Gasteiger partial charge on any atom is -0.467 e. The third-order valence-electron chi connectivity index (χ3n) is 4.17. The summed E-state index contributed by atoms with van der Waals surface area (Å²) in [6, 6.07) is 8.68. The molecule has 0 unspecified atom stereocenters. The van der Waals surface area contributed by atoms with Crippen LogP contribution in [0.5, 0.6) is 0 Å². The molecule has 0 radical (unpaired) electrons. The Balaban J connectivity index is 2.23. The van der Waals surface area contributed by atoms with Gasteiger partial charge in [-0.2, -0.15) is 0 Å². The predicted octanol–water partition coefficient (Wildman–Crippen LogP) is 1.94. The third kappa shape index (κ3) is 4.97. The van der Waals surface area contributed by atoms with E-state index in [1.165, 1.54) is 7.11 Å². The van der Waals surface area contributed by atoms with E-state index < -0.39 is 35.2 Å². The molecule has 1 aliphatic heterocycles. The first-order valence-electron chi connectivity index (χ1n) is 8.59. The molecule has 142 valence electrons. The van der Waals surface area contributed by atoms with Crippen molar-refractivity contribution >= 4 is 18.0 Å². The highest BCUT2D eigenvalue weighted by molar-refractivity contribution is 5.94. The Morgan fingerprint density at radius 2 is 1.92 bits per heavy atom. The van der Waals surface area contributed by atoms with E-state index in [9.17, 15) is 14.4 Å². The van der Waals surface area contributed by atoms with Crippen LogP contribution in [0.3, 0.4) is 0 Å². The summed E-state index contributed by atoms with van der Waals surface area (Å²) in [6.07, 6.45) is 0.292. The predicted molar refractivity (Wildman–Crippen MR) is 95.4 cm³/mol. The number of benzene rings is 1. The van der Waals surface area contributed by atoms with Crippen LogP contribution in [-0.2, 0) is 25.5 Å². The second-order valence-electron chi connectivity index (χ2n) is 7.46. The van der Waals surface area contributed by atoms with Crippen molar-refractivity contribution in [2.45, 2.75) is 57.2 Å². The Hall–Kier alpha value is -2.57. The summed E-state index contributed by atoms with van der Waals surface area (Å²) in [5, 5.41) is 5.40. The van der Waals surface area contributed by atoms with Gasteiger partial charge in [0.1, 0.15) is 17.2 Å². The third-order valence-corrected chi connectivity index (χ3v) is 4.17. The van der Waals surface area contributed by atoms with E-state index in [-0.39, 0.29) is 0 Å². The van der Waals surface area contributed by atoms with Crippen molar-refractivity contribution in [2.75, 3.05) is 7.11 Å². The van der Waals surface area contributed by atoms with E-state index in [2.05, 4.69) is 10.6 Å². The lowest BCUT2D eigenvalue weighted by atomic mass is 9.81. The Kier molecular flexibility index (Phi) is 5.90. The van der Waals surface area contributed by atoms with E-state index in [1.54, 1.807) is 20.8 Å². The maximum absolute atomic E-state index is 12.9.